The van der Waals surface area contributed by atoms with Crippen molar-refractivity contribution < 1.29 is 13.2 Å². The Morgan fingerprint density at radius 2 is 1.80 bits per heavy atom. The largest absolute Gasteiger partial charge is 0.369 e. The average molecular weight is 431 g/mol. The predicted octanol–water partition coefficient (Wildman–Crippen LogP) is 2.69. The van der Waals surface area contributed by atoms with Gasteiger partial charge in [-0.05, 0) is 62.4 Å². The number of likely N-dealkylation sites (N-methyl/N-ethyl adjacent to an activating group) is 1. The average Bonchev–Trinajstić information content (AvgIpc) is 2.74. The molecule has 7 nitrogen and oxygen atoms in total. The highest BCUT2D eigenvalue weighted by Crippen LogP contribution is 2.24. The maximum absolute atomic E-state index is 12.7. The third-order valence-corrected chi connectivity index (χ3v) is 6.73. The van der Waals surface area contributed by atoms with E-state index in [0.717, 1.165) is 43.1 Å². The van der Waals surface area contributed by atoms with Gasteiger partial charge in [-0.1, -0.05) is 13.0 Å². The van der Waals surface area contributed by atoms with Crippen LogP contribution in [0.15, 0.2) is 47.4 Å². The summed E-state index contributed by atoms with van der Waals surface area (Å²) in [6.07, 6.45) is 0.697. The molecule has 2 N–H and O–H groups in total. The van der Waals surface area contributed by atoms with Gasteiger partial charge in [0.15, 0.2) is 0 Å². The fourth-order valence-corrected chi connectivity index (χ4v) is 4.55. The molecule has 0 saturated carbocycles. The highest BCUT2D eigenvalue weighted by molar-refractivity contribution is 7.89. The fraction of sp³-hybridized carbons (Fsp3) is 0.409. The lowest BCUT2D eigenvalue weighted by Gasteiger charge is -2.34. The maximum Gasteiger partial charge on any atom is 0.255 e. The number of rotatable bonds is 7. The smallest absolute Gasteiger partial charge is 0.255 e. The second-order valence-electron chi connectivity index (χ2n) is 7.67. The van der Waals surface area contributed by atoms with Crippen LogP contribution in [0.25, 0.3) is 0 Å². The number of nitrogens with one attached hydrogen (secondary N) is 2. The molecular formula is C22H30N4O3S. The maximum atomic E-state index is 12.7. The van der Waals surface area contributed by atoms with Gasteiger partial charge in [-0.2, -0.15) is 0 Å². The highest BCUT2D eigenvalue weighted by atomic mass is 32.2. The lowest BCUT2D eigenvalue weighted by Crippen LogP contribution is -2.44. The van der Waals surface area contributed by atoms with Gasteiger partial charge in [-0.3, -0.25) is 4.79 Å². The van der Waals surface area contributed by atoms with Gasteiger partial charge in [-0.15, -0.1) is 0 Å². The first-order valence-electron chi connectivity index (χ1n) is 10.3. The Hall–Kier alpha value is -2.42. The van der Waals surface area contributed by atoms with E-state index in [0.29, 0.717) is 18.5 Å². The van der Waals surface area contributed by atoms with Crippen LogP contribution in [-0.2, 0) is 10.0 Å². The van der Waals surface area contributed by atoms with Crippen LogP contribution in [0, 0.1) is 6.92 Å². The van der Waals surface area contributed by atoms with Gasteiger partial charge in [0.25, 0.3) is 5.91 Å². The Balaban J connectivity index is 1.72. The molecule has 1 fully saturated rings. The number of carbonyl (C=O) groups excluding carboxylic acids is 1. The van der Waals surface area contributed by atoms with Crippen molar-refractivity contribution in [2.75, 3.05) is 50.0 Å². The van der Waals surface area contributed by atoms with Gasteiger partial charge >= 0.3 is 0 Å². The number of carbonyl (C=O) groups is 1. The summed E-state index contributed by atoms with van der Waals surface area (Å²) in [4.78, 5) is 17.5. The zero-order valence-corrected chi connectivity index (χ0v) is 18.6. The Kier molecular flexibility index (Phi) is 7.12. The summed E-state index contributed by atoms with van der Waals surface area (Å²) in [5.41, 5.74) is 3.13. The standard InChI is InChI=1S/C22H30N4O3S/c1-4-10-23-30(28,29)20-7-5-6-18(16-20)22(27)24-21-9-8-19(15-17(21)2)26-13-11-25(3)12-14-26/h5-9,15-16,23H,4,10-14H2,1-3H3,(H,24,27). The second kappa shape index (κ2) is 9.59. The lowest BCUT2D eigenvalue weighted by molar-refractivity contribution is 0.102. The summed E-state index contributed by atoms with van der Waals surface area (Å²) < 4.78 is 27.2. The molecular weight excluding hydrogens is 400 g/mol. The van der Waals surface area contributed by atoms with Crippen LogP contribution in [0.3, 0.4) is 0 Å². The third-order valence-electron chi connectivity index (χ3n) is 5.28. The molecule has 8 heteroatoms. The summed E-state index contributed by atoms with van der Waals surface area (Å²) >= 11 is 0. The minimum atomic E-state index is -3.62. The Morgan fingerprint density at radius 3 is 2.47 bits per heavy atom. The van der Waals surface area contributed by atoms with E-state index in [4.69, 9.17) is 0 Å². The molecule has 30 heavy (non-hydrogen) atoms. The highest BCUT2D eigenvalue weighted by Gasteiger charge is 2.17. The van der Waals surface area contributed by atoms with Crippen LogP contribution < -0.4 is 14.9 Å². The van der Waals surface area contributed by atoms with Crippen molar-refractivity contribution in [1.29, 1.82) is 0 Å². The number of nitrogens with zero attached hydrogens (tertiary/aromatic N) is 2. The van der Waals surface area contributed by atoms with Crippen LogP contribution >= 0.6 is 0 Å². The van der Waals surface area contributed by atoms with Crippen LogP contribution in [0.1, 0.15) is 29.3 Å². The molecule has 0 aromatic heterocycles. The monoisotopic (exact) mass is 430 g/mol. The van der Waals surface area contributed by atoms with Crippen LogP contribution in [0.5, 0.6) is 0 Å². The summed E-state index contributed by atoms with van der Waals surface area (Å²) in [6, 6.07) is 12.1. The predicted molar refractivity (Wildman–Crippen MR) is 121 cm³/mol. The number of hydrogen-bond donors (Lipinski definition) is 2. The number of anilines is 2. The zero-order valence-electron chi connectivity index (χ0n) is 17.8. The molecule has 1 aliphatic heterocycles. The van der Waals surface area contributed by atoms with Crippen molar-refractivity contribution in [3.05, 3.63) is 53.6 Å². The second-order valence-corrected chi connectivity index (χ2v) is 9.44. The van der Waals surface area contributed by atoms with Crippen LogP contribution in [0.4, 0.5) is 11.4 Å². The van der Waals surface area contributed by atoms with Crippen molar-refractivity contribution in [2.45, 2.75) is 25.2 Å². The molecule has 2 aromatic rings. The molecule has 0 spiro atoms. The minimum absolute atomic E-state index is 0.0886. The minimum Gasteiger partial charge on any atom is -0.369 e. The first-order valence-corrected chi connectivity index (χ1v) is 11.7. The number of piperazine rings is 1. The molecule has 1 heterocycles. The van der Waals surface area contributed by atoms with E-state index in [9.17, 15) is 13.2 Å². The summed E-state index contributed by atoms with van der Waals surface area (Å²) in [7, 11) is -1.49. The Morgan fingerprint density at radius 1 is 1.07 bits per heavy atom. The van der Waals surface area contributed by atoms with E-state index < -0.39 is 10.0 Å². The molecule has 0 unspecified atom stereocenters. The van der Waals surface area contributed by atoms with E-state index in [1.165, 1.54) is 12.1 Å². The number of benzene rings is 2. The van der Waals surface area contributed by atoms with E-state index >= 15 is 0 Å². The Labute approximate surface area is 179 Å². The number of amides is 1. The summed E-state index contributed by atoms with van der Waals surface area (Å²) in [6.45, 7) is 8.24. The molecule has 0 aliphatic carbocycles. The molecule has 1 amide bonds. The number of aryl methyl sites for hydroxylation is 1. The molecule has 1 aliphatic rings. The Bertz CT molecular complexity index is 999. The summed E-state index contributed by atoms with van der Waals surface area (Å²) in [5, 5.41) is 2.90. The molecule has 1 saturated heterocycles. The SMILES string of the molecule is CCCNS(=O)(=O)c1cccc(C(=O)Nc2ccc(N3CCN(C)CC3)cc2C)c1. The van der Waals surface area contributed by atoms with Crippen molar-refractivity contribution in [3.8, 4) is 0 Å². The van der Waals surface area contributed by atoms with Crippen molar-refractivity contribution in [2.24, 2.45) is 0 Å². The van der Waals surface area contributed by atoms with Crippen LogP contribution in [0.2, 0.25) is 0 Å². The van der Waals surface area contributed by atoms with E-state index in [1.807, 2.05) is 26.0 Å². The van der Waals surface area contributed by atoms with Gasteiger partial charge in [-0.25, -0.2) is 13.1 Å². The topological polar surface area (TPSA) is 81.7 Å². The van der Waals surface area contributed by atoms with E-state index in [2.05, 4.69) is 33.0 Å². The van der Waals surface area contributed by atoms with Crippen molar-refractivity contribution in [1.82, 2.24) is 9.62 Å². The zero-order chi connectivity index (χ0) is 21.7. The van der Waals surface area contributed by atoms with Crippen molar-refractivity contribution in [3.63, 3.8) is 0 Å². The molecule has 3 rings (SSSR count). The van der Waals surface area contributed by atoms with Crippen LogP contribution in [-0.4, -0.2) is 59.0 Å². The third kappa shape index (κ3) is 5.38. The van der Waals surface area contributed by atoms with Gasteiger partial charge in [0.2, 0.25) is 10.0 Å². The van der Waals surface area contributed by atoms with Gasteiger partial charge < -0.3 is 15.1 Å². The fourth-order valence-electron chi connectivity index (χ4n) is 3.37. The first-order chi connectivity index (χ1) is 14.3. The first kappa shape index (κ1) is 22.3. The summed E-state index contributed by atoms with van der Waals surface area (Å²) in [5.74, 6) is -0.335. The normalized spacial score (nSPS) is 15.2. The number of sulfonamides is 1. The van der Waals surface area contributed by atoms with Gasteiger partial charge in [0, 0.05) is 49.7 Å². The van der Waals surface area contributed by atoms with E-state index in [-0.39, 0.29) is 10.8 Å². The molecule has 0 atom stereocenters. The van der Waals surface area contributed by atoms with Gasteiger partial charge in [0.1, 0.15) is 0 Å². The lowest BCUT2D eigenvalue weighted by atomic mass is 10.1. The number of hydrogen-bond acceptors (Lipinski definition) is 5. The molecule has 2 aromatic carbocycles. The van der Waals surface area contributed by atoms with Gasteiger partial charge in [0.05, 0.1) is 4.90 Å². The van der Waals surface area contributed by atoms with Crippen molar-refractivity contribution >= 4 is 27.3 Å². The molecule has 0 bridgehead atoms. The quantitative estimate of drug-likeness (QED) is 0.706. The molecule has 0 radical (unpaired) electrons. The molecule has 162 valence electrons. The van der Waals surface area contributed by atoms with E-state index in [1.54, 1.807) is 12.1 Å².